The minimum Gasteiger partial charge on any atom is -0.444 e. The van der Waals surface area contributed by atoms with Crippen LogP contribution >= 0.6 is 0 Å². The van der Waals surface area contributed by atoms with Crippen molar-refractivity contribution in [1.29, 1.82) is 5.26 Å². The van der Waals surface area contributed by atoms with Gasteiger partial charge in [0.15, 0.2) is 5.82 Å². The first-order chi connectivity index (χ1) is 15.8. The van der Waals surface area contributed by atoms with Crippen molar-refractivity contribution in [1.82, 2.24) is 13.9 Å². The minimum absolute atomic E-state index is 0.0753. The molecule has 34 heavy (non-hydrogen) atoms. The summed E-state index contributed by atoms with van der Waals surface area (Å²) in [5, 5.41) is 9.44. The maximum Gasteiger partial charge on any atom is 0.410 e. The van der Waals surface area contributed by atoms with Crippen LogP contribution in [-0.4, -0.2) is 41.0 Å². The average Bonchev–Trinajstić information content (AvgIpc) is 3.09. The first kappa shape index (κ1) is 24.9. The lowest BCUT2D eigenvalue weighted by Crippen LogP contribution is -2.33. The zero-order valence-electron chi connectivity index (χ0n) is 18.9. The molecule has 3 aromatic rings. The molecule has 0 spiro atoms. The summed E-state index contributed by atoms with van der Waals surface area (Å²) in [4.78, 5) is 16.9. The number of ether oxygens (including phenoxy) is 1. The molecule has 0 unspecified atom stereocenters. The molecular weight excluding hydrogens is 466 g/mol. The first-order valence-electron chi connectivity index (χ1n) is 10.1. The monoisotopic (exact) mass is 488 g/mol. The van der Waals surface area contributed by atoms with E-state index in [-0.39, 0.29) is 23.4 Å². The second kappa shape index (κ2) is 9.23. The molecule has 0 N–H and O–H groups in total. The van der Waals surface area contributed by atoms with E-state index < -0.39 is 43.9 Å². The number of benzene rings is 1. The van der Waals surface area contributed by atoms with Gasteiger partial charge in [0.25, 0.3) is 10.0 Å². The highest BCUT2D eigenvalue weighted by Gasteiger charge is 2.30. The molecule has 0 saturated heterocycles. The number of nitrogens with zero attached hydrogens (tertiary/aromatic N) is 4. The number of hydrogen-bond acceptors (Lipinski definition) is 6. The Morgan fingerprint density at radius 2 is 1.94 bits per heavy atom. The van der Waals surface area contributed by atoms with Gasteiger partial charge in [-0.1, -0.05) is 6.07 Å². The molecule has 0 bridgehead atoms. The van der Waals surface area contributed by atoms with Gasteiger partial charge in [0, 0.05) is 30.6 Å². The van der Waals surface area contributed by atoms with Crippen LogP contribution in [0.15, 0.2) is 53.7 Å². The zero-order chi connectivity index (χ0) is 25.3. The van der Waals surface area contributed by atoms with Gasteiger partial charge in [0.2, 0.25) is 0 Å². The lowest BCUT2D eigenvalue weighted by atomic mass is 10.1. The standard InChI is InChI=1S/C23H22F2N4O4S/c1-23(2,3)33-22(30)28(4)13-15-14-29(34(31,32)17-8-5-7-16(24)11-17)21(20(15)25)18-9-6-10-27-19(18)12-26/h5-11,14H,13H2,1-4H3. The third-order valence-corrected chi connectivity index (χ3v) is 6.27. The number of carbonyl (C=O) groups is 1. The maximum atomic E-state index is 15.7. The molecule has 178 valence electrons. The van der Waals surface area contributed by atoms with Gasteiger partial charge < -0.3 is 9.64 Å². The molecule has 0 fully saturated rings. The van der Waals surface area contributed by atoms with Gasteiger partial charge in [-0.05, 0) is 51.1 Å². The highest BCUT2D eigenvalue weighted by molar-refractivity contribution is 7.90. The van der Waals surface area contributed by atoms with Crippen LogP contribution in [0.3, 0.4) is 0 Å². The molecule has 8 nitrogen and oxygen atoms in total. The second-order valence-corrected chi connectivity index (χ2v) is 10.2. The van der Waals surface area contributed by atoms with Crippen LogP contribution in [0.5, 0.6) is 0 Å². The van der Waals surface area contributed by atoms with E-state index in [1.807, 2.05) is 6.07 Å². The smallest absolute Gasteiger partial charge is 0.410 e. The van der Waals surface area contributed by atoms with Crippen LogP contribution in [0.25, 0.3) is 11.3 Å². The van der Waals surface area contributed by atoms with Crippen LogP contribution in [0.2, 0.25) is 0 Å². The van der Waals surface area contributed by atoms with Crippen LogP contribution < -0.4 is 0 Å². The minimum atomic E-state index is -4.49. The van der Waals surface area contributed by atoms with Crippen molar-refractivity contribution in [3.05, 3.63) is 71.7 Å². The van der Waals surface area contributed by atoms with Crippen molar-refractivity contribution in [2.24, 2.45) is 0 Å². The van der Waals surface area contributed by atoms with E-state index in [1.54, 1.807) is 20.8 Å². The Morgan fingerprint density at radius 1 is 1.24 bits per heavy atom. The van der Waals surface area contributed by atoms with Crippen LogP contribution in [0.4, 0.5) is 13.6 Å². The quantitative estimate of drug-likeness (QED) is 0.530. The summed E-state index contributed by atoms with van der Waals surface area (Å²) < 4.78 is 62.1. The number of carbonyl (C=O) groups excluding carboxylic acids is 1. The Morgan fingerprint density at radius 3 is 2.56 bits per heavy atom. The van der Waals surface area contributed by atoms with Crippen molar-refractivity contribution in [2.45, 2.75) is 37.8 Å². The molecule has 2 heterocycles. The van der Waals surface area contributed by atoms with Gasteiger partial charge in [0.1, 0.15) is 28.9 Å². The molecule has 11 heteroatoms. The summed E-state index contributed by atoms with van der Waals surface area (Å²) in [5.74, 6) is -1.76. The molecule has 1 amide bonds. The molecular formula is C23H22F2N4O4S. The topological polar surface area (TPSA) is 105 Å². The van der Waals surface area contributed by atoms with Crippen molar-refractivity contribution in [3.63, 3.8) is 0 Å². The fourth-order valence-corrected chi connectivity index (χ4v) is 4.56. The van der Waals surface area contributed by atoms with Gasteiger partial charge in [-0.3, -0.25) is 0 Å². The predicted octanol–water partition coefficient (Wildman–Crippen LogP) is 4.30. The molecule has 0 radical (unpaired) electrons. The number of amides is 1. The largest absolute Gasteiger partial charge is 0.444 e. The maximum absolute atomic E-state index is 15.7. The van der Waals surface area contributed by atoms with E-state index in [2.05, 4.69) is 4.98 Å². The Bertz CT molecular complexity index is 1390. The van der Waals surface area contributed by atoms with E-state index in [0.717, 1.165) is 23.2 Å². The number of aromatic nitrogens is 2. The van der Waals surface area contributed by atoms with Crippen LogP contribution in [-0.2, 0) is 21.3 Å². The molecule has 1 aromatic carbocycles. The highest BCUT2D eigenvalue weighted by Crippen LogP contribution is 2.33. The summed E-state index contributed by atoms with van der Waals surface area (Å²) in [6.07, 6.45) is 1.57. The fourth-order valence-electron chi connectivity index (χ4n) is 3.13. The Kier molecular flexibility index (Phi) is 6.74. The Hall–Kier alpha value is -3.78. The van der Waals surface area contributed by atoms with E-state index in [0.29, 0.717) is 3.97 Å². The lowest BCUT2D eigenvalue weighted by Gasteiger charge is -2.24. The lowest BCUT2D eigenvalue weighted by molar-refractivity contribution is 0.0284. The SMILES string of the molecule is CN(Cc1cn(S(=O)(=O)c2cccc(F)c2)c(-c2cccnc2C#N)c1F)C(=O)OC(C)(C)C. The summed E-state index contributed by atoms with van der Waals surface area (Å²) >= 11 is 0. The van der Waals surface area contributed by atoms with Gasteiger partial charge in [-0.2, -0.15) is 5.26 Å². The van der Waals surface area contributed by atoms with Crippen molar-refractivity contribution in [3.8, 4) is 17.3 Å². The summed E-state index contributed by atoms with van der Waals surface area (Å²) in [5.41, 5.74) is -1.69. The van der Waals surface area contributed by atoms with Gasteiger partial charge in [0.05, 0.1) is 11.4 Å². The van der Waals surface area contributed by atoms with Crippen molar-refractivity contribution < 1.29 is 26.7 Å². The van der Waals surface area contributed by atoms with Crippen LogP contribution in [0.1, 0.15) is 32.0 Å². The van der Waals surface area contributed by atoms with E-state index >= 15 is 4.39 Å². The molecule has 2 aromatic heterocycles. The van der Waals surface area contributed by atoms with Gasteiger partial charge >= 0.3 is 6.09 Å². The number of halogens is 2. The molecule has 0 aliphatic heterocycles. The third kappa shape index (κ3) is 5.07. The Labute approximate surface area is 196 Å². The van der Waals surface area contributed by atoms with E-state index in [4.69, 9.17) is 4.74 Å². The summed E-state index contributed by atoms with van der Waals surface area (Å²) in [6, 6.07) is 8.85. The van der Waals surface area contributed by atoms with Crippen molar-refractivity contribution in [2.75, 3.05) is 7.05 Å². The number of hydrogen-bond donors (Lipinski definition) is 0. The predicted molar refractivity (Wildman–Crippen MR) is 119 cm³/mol. The number of nitriles is 1. The zero-order valence-corrected chi connectivity index (χ0v) is 19.7. The molecule has 0 aliphatic carbocycles. The number of pyridine rings is 1. The van der Waals surface area contributed by atoms with Crippen LogP contribution in [0, 0.1) is 23.0 Å². The average molecular weight is 489 g/mol. The van der Waals surface area contributed by atoms with Gasteiger partial charge in [-0.25, -0.2) is 30.9 Å². The fraction of sp³-hybridized carbons (Fsp3) is 0.261. The Balaban J connectivity index is 2.19. The highest BCUT2D eigenvalue weighted by atomic mass is 32.2. The third-order valence-electron chi connectivity index (χ3n) is 4.62. The molecule has 0 saturated carbocycles. The summed E-state index contributed by atoms with van der Waals surface area (Å²) in [6.45, 7) is 4.68. The normalized spacial score (nSPS) is 11.7. The molecule has 3 rings (SSSR count). The number of rotatable bonds is 5. The first-order valence-corrected chi connectivity index (χ1v) is 11.5. The van der Waals surface area contributed by atoms with E-state index in [1.165, 1.54) is 37.5 Å². The molecule has 0 aliphatic rings. The van der Waals surface area contributed by atoms with Crippen molar-refractivity contribution >= 4 is 16.1 Å². The van der Waals surface area contributed by atoms with Gasteiger partial charge in [-0.15, -0.1) is 0 Å². The van der Waals surface area contributed by atoms with E-state index in [9.17, 15) is 22.9 Å². The second-order valence-electron chi connectivity index (χ2n) is 8.42. The summed E-state index contributed by atoms with van der Waals surface area (Å²) in [7, 11) is -3.12. The molecule has 0 atom stereocenters.